The number of nitrogens with zero attached hydrogens (tertiary/aromatic N) is 1. The number of anilines is 2. The Bertz CT molecular complexity index is 480. The van der Waals surface area contributed by atoms with E-state index in [1.165, 1.54) is 0 Å². The summed E-state index contributed by atoms with van der Waals surface area (Å²) in [7, 11) is 0. The molecule has 6 heteroatoms. The van der Waals surface area contributed by atoms with Crippen LogP contribution in [0.15, 0.2) is 18.2 Å². The topological polar surface area (TPSA) is 38.5 Å². The standard InChI is InChI=1S/C15H21F3N2O/c1-10(2)21-14-9-12(3-4-13(14)19)20-7-5-11(6-8-20)15(16,17)18/h3-4,9-11H,5-8,19H2,1-2H3. The normalized spacial score (nSPS) is 17.3. The summed E-state index contributed by atoms with van der Waals surface area (Å²) >= 11 is 0. The van der Waals surface area contributed by atoms with Crippen molar-refractivity contribution in [2.45, 2.75) is 39.0 Å². The lowest BCUT2D eigenvalue weighted by molar-refractivity contribution is -0.179. The first kappa shape index (κ1) is 15.8. The fourth-order valence-corrected chi connectivity index (χ4v) is 2.54. The van der Waals surface area contributed by atoms with Gasteiger partial charge in [-0.1, -0.05) is 0 Å². The van der Waals surface area contributed by atoms with Crippen LogP contribution in [0.5, 0.6) is 5.75 Å². The molecule has 0 atom stereocenters. The Morgan fingerprint density at radius 2 is 1.86 bits per heavy atom. The van der Waals surface area contributed by atoms with E-state index in [2.05, 4.69) is 0 Å². The second-order valence-corrected chi connectivity index (χ2v) is 5.69. The summed E-state index contributed by atoms with van der Waals surface area (Å²) in [6.45, 7) is 4.60. The van der Waals surface area contributed by atoms with Crippen LogP contribution in [-0.2, 0) is 0 Å². The van der Waals surface area contributed by atoms with E-state index in [9.17, 15) is 13.2 Å². The molecule has 1 aliphatic rings. The summed E-state index contributed by atoms with van der Waals surface area (Å²) in [5.41, 5.74) is 7.26. The highest BCUT2D eigenvalue weighted by molar-refractivity contribution is 5.62. The molecule has 2 N–H and O–H groups in total. The van der Waals surface area contributed by atoms with Gasteiger partial charge in [-0.15, -0.1) is 0 Å². The van der Waals surface area contributed by atoms with Crippen molar-refractivity contribution in [2.75, 3.05) is 23.7 Å². The zero-order valence-electron chi connectivity index (χ0n) is 12.3. The van der Waals surface area contributed by atoms with Crippen molar-refractivity contribution in [3.63, 3.8) is 0 Å². The van der Waals surface area contributed by atoms with Gasteiger partial charge in [-0.3, -0.25) is 0 Å². The molecule has 3 nitrogen and oxygen atoms in total. The van der Waals surface area contributed by atoms with Gasteiger partial charge in [0.2, 0.25) is 0 Å². The first-order chi connectivity index (χ1) is 9.77. The summed E-state index contributed by atoms with van der Waals surface area (Å²) in [4.78, 5) is 1.95. The van der Waals surface area contributed by atoms with Crippen LogP contribution in [-0.4, -0.2) is 25.4 Å². The number of halogens is 3. The maximum atomic E-state index is 12.7. The van der Waals surface area contributed by atoms with Crippen LogP contribution in [0.3, 0.4) is 0 Å². The van der Waals surface area contributed by atoms with E-state index < -0.39 is 12.1 Å². The van der Waals surface area contributed by atoms with E-state index in [4.69, 9.17) is 10.5 Å². The monoisotopic (exact) mass is 302 g/mol. The smallest absolute Gasteiger partial charge is 0.391 e. The number of benzene rings is 1. The van der Waals surface area contributed by atoms with E-state index in [-0.39, 0.29) is 18.9 Å². The second kappa shape index (κ2) is 6.03. The molecule has 0 radical (unpaired) electrons. The van der Waals surface area contributed by atoms with Crippen LogP contribution in [0.25, 0.3) is 0 Å². The second-order valence-electron chi connectivity index (χ2n) is 5.69. The molecule has 0 aliphatic carbocycles. The molecule has 1 fully saturated rings. The van der Waals surface area contributed by atoms with Gasteiger partial charge in [0.15, 0.2) is 0 Å². The Hall–Kier alpha value is -1.59. The zero-order valence-corrected chi connectivity index (χ0v) is 12.3. The van der Waals surface area contributed by atoms with Crippen molar-refractivity contribution in [3.8, 4) is 5.75 Å². The molecule has 0 bridgehead atoms. The van der Waals surface area contributed by atoms with Crippen LogP contribution < -0.4 is 15.4 Å². The van der Waals surface area contributed by atoms with Crippen molar-refractivity contribution in [2.24, 2.45) is 5.92 Å². The maximum absolute atomic E-state index is 12.7. The molecule has 0 unspecified atom stereocenters. The highest BCUT2D eigenvalue weighted by Gasteiger charge is 2.41. The number of rotatable bonds is 3. The van der Waals surface area contributed by atoms with Gasteiger partial charge in [-0.05, 0) is 38.8 Å². The lowest BCUT2D eigenvalue weighted by atomic mass is 9.96. The molecular formula is C15H21F3N2O. The summed E-state index contributed by atoms with van der Waals surface area (Å²) in [5, 5.41) is 0. The minimum Gasteiger partial charge on any atom is -0.489 e. The number of piperidine rings is 1. The first-order valence-corrected chi connectivity index (χ1v) is 7.15. The van der Waals surface area contributed by atoms with Crippen molar-refractivity contribution >= 4 is 11.4 Å². The molecule has 118 valence electrons. The Balaban J connectivity index is 2.07. The fraction of sp³-hybridized carbons (Fsp3) is 0.600. The third kappa shape index (κ3) is 3.95. The molecule has 1 heterocycles. The molecule has 21 heavy (non-hydrogen) atoms. The van der Waals surface area contributed by atoms with Crippen molar-refractivity contribution in [1.82, 2.24) is 0 Å². The highest BCUT2D eigenvalue weighted by Crippen LogP contribution is 2.36. The number of hydrogen-bond acceptors (Lipinski definition) is 3. The van der Waals surface area contributed by atoms with Crippen molar-refractivity contribution in [3.05, 3.63) is 18.2 Å². The van der Waals surface area contributed by atoms with Crippen molar-refractivity contribution in [1.29, 1.82) is 0 Å². The first-order valence-electron chi connectivity index (χ1n) is 7.15. The van der Waals surface area contributed by atoms with E-state index >= 15 is 0 Å². The average Bonchev–Trinajstić information content (AvgIpc) is 2.40. The lowest BCUT2D eigenvalue weighted by Crippen LogP contribution is -2.39. The van der Waals surface area contributed by atoms with E-state index in [0.717, 1.165) is 5.69 Å². The van der Waals surface area contributed by atoms with Gasteiger partial charge in [-0.2, -0.15) is 13.2 Å². The predicted octanol–water partition coefficient (Wildman–Crippen LogP) is 3.83. The molecule has 1 aliphatic heterocycles. The number of nitrogens with two attached hydrogens (primary N) is 1. The Kier molecular flexibility index (Phi) is 4.54. The quantitative estimate of drug-likeness (QED) is 0.862. The summed E-state index contributed by atoms with van der Waals surface area (Å²) < 4.78 is 43.6. The van der Waals surface area contributed by atoms with Crippen LogP contribution in [0.1, 0.15) is 26.7 Å². The minimum atomic E-state index is -4.08. The minimum absolute atomic E-state index is 0.00137. The van der Waals surface area contributed by atoms with Gasteiger partial charge in [0, 0.05) is 24.8 Å². The molecule has 2 rings (SSSR count). The van der Waals surface area contributed by atoms with Gasteiger partial charge in [0.25, 0.3) is 0 Å². The summed E-state index contributed by atoms with van der Waals surface area (Å²) in [6, 6.07) is 5.38. The number of ether oxygens (including phenoxy) is 1. The fourth-order valence-electron chi connectivity index (χ4n) is 2.54. The Morgan fingerprint density at radius 1 is 1.24 bits per heavy atom. The molecule has 1 saturated heterocycles. The molecule has 0 amide bonds. The molecule has 1 aromatic rings. The van der Waals surface area contributed by atoms with Crippen LogP contribution in [0, 0.1) is 5.92 Å². The van der Waals surface area contributed by atoms with Crippen LogP contribution >= 0.6 is 0 Å². The van der Waals surface area contributed by atoms with Crippen LogP contribution in [0.2, 0.25) is 0 Å². The van der Waals surface area contributed by atoms with Gasteiger partial charge >= 0.3 is 6.18 Å². The Labute approximate surface area is 122 Å². The van der Waals surface area contributed by atoms with E-state index in [1.807, 2.05) is 30.9 Å². The molecule has 0 aromatic heterocycles. The maximum Gasteiger partial charge on any atom is 0.391 e. The lowest BCUT2D eigenvalue weighted by Gasteiger charge is -2.34. The molecule has 1 aromatic carbocycles. The number of hydrogen-bond donors (Lipinski definition) is 1. The molecule has 0 saturated carbocycles. The van der Waals surface area contributed by atoms with Gasteiger partial charge in [0.1, 0.15) is 5.75 Å². The van der Waals surface area contributed by atoms with Gasteiger partial charge in [0.05, 0.1) is 17.7 Å². The molecular weight excluding hydrogens is 281 g/mol. The number of alkyl halides is 3. The van der Waals surface area contributed by atoms with Gasteiger partial charge < -0.3 is 15.4 Å². The van der Waals surface area contributed by atoms with E-state index in [0.29, 0.717) is 24.5 Å². The SMILES string of the molecule is CC(C)Oc1cc(N2CCC(C(F)(F)F)CC2)ccc1N. The van der Waals surface area contributed by atoms with Gasteiger partial charge in [-0.25, -0.2) is 0 Å². The third-order valence-corrected chi connectivity index (χ3v) is 3.68. The van der Waals surface area contributed by atoms with E-state index in [1.54, 1.807) is 6.07 Å². The zero-order chi connectivity index (χ0) is 15.6. The van der Waals surface area contributed by atoms with Crippen molar-refractivity contribution < 1.29 is 17.9 Å². The summed E-state index contributed by atoms with van der Waals surface area (Å²) in [6.07, 6.45) is -3.82. The highest BCUT2D eigenvalue weighted by atomic mass is 19.4. The summed E-state index contributed by atoms with van der Waals surface area (Å²) in [5.74, 6) is -0.602. The largest absolute Gasteiger partial charge is 0.489 e. The predicted molar refractivity (Wildman–Crippen MR) is 77.6 cm³/mol. The average molecular weight is 302 g/mol. The molecule has 0 spiro atoms. The van der Waals surface area contributed by atoms with Crippen LogP contribution in [0.4, 0.5) is 24.5 Å². The number of nitrogen functional groups attached to an aromatic ring is 1. The Morgan fingerprint density at radius 3 is 2.38 bits per heavy atom. The third-order valence-electron chi connectivity index (χ3n) is 3.68.